The van der Waals surface area contributed by atoms with Crippen LogP contribution < -0.4 is 5.73 Å². The molecular formula is C11H13NO2. The van der Waals surface area contributed by atoms with Crippen LogP contribution in [0.1, 0.15) is 5.56 Å². The summed E-state index contributed by atoms with van der Waals surface area (Å²) in [5.74, 6) is -1.06. The van der Waals surface area contributed by atoms with Crippen LogP contribution >= 0.6 is 0 Å². The Hall–Kier alpha value is -1.61. The lowest BCUT2D eigenvalue weighted by molar-refractivity contribution is -0.141. The van der Waals surface area contributed by atoms with Gasteiger partial charge >= 0.3 is 5.97 Å². The third-order valence-corrected chi connectivity index (χ3v) is 2.10. The fraction of sp³-hybridized carbons (Fsp3) is 0.182. The summed E-state index contributed by atoms with van der Waals surface area (Å²) in [5.41, 5.74) is 5.17. The van der Waals surface area contributed by atoms with Gasteiger partial charge in [0.25, 0.3) is 0 Å². The second-order valence-corrected chi connectivity index (χ2v) is 3.21. The number of carbonyl (C=O) groups is 1. The van der Waals surface area contributed by atoms with Gasteiger partial charge in [-0.1, -0.05) is 36.4 Å². The molecule has 0 aliphatic rings. The molecule has 0 aromatic heterocycles. The summed E-state index contributed by atoms with van der Waals surface area (Å²) in [5, 5.41) is 8.90. The first-order valence-electron chi connectivity index (χ1n) is 4.28. The van der Waals surface area contributed by atoms with E-state index in [1.807, 2.05) is 30.3 Å². The molecule has 1 atom stereocenters. The first-order chi connectivity index (χ1) is 6.58. The molecule has 0 spiro atoms. The van der Waals surface area contributed by atoms with Crippen molar-refractivity contribution in [2.24, 2.45) is 5.73 Å². The van der Waals surface area contributed by atoms with E-state index >= 15 is 0 Å². The molecule has 1 unspecified atom stereocenters. The quantitative estimate of drug-likeness (QED) is 0.703. The summed E-state index contributed by atoms with van der Waals surface area (Å²) < 4.78 is 0. The number of carboxylic acid groups (broad SMARTS) is 1. The van der Waals surface area contributed by atoms with E-state index in [0.717, 1.165) is 5.56 Å². The van der Waals surface area contributed by atoms with Crippen molar-refractivity contribution in [1.82, 2.24) is 0 Å². The molecule has 1 aromatic carbocycles. The van der Waals surface area contributed by atoms with Crippen LogP contribution in [0.2, 0.25) is 0 Å². The number of nitrogens with two attached hydrogens (primary N) is 1. The first-order valence-corrected chi connectivity index (χ1v) is 4.28. The van der Waals surface area contributed by atoms with Crippen LogP contribution in [-0.2, 0) is 11.2 Å². The Morgan fingerprint density at radius 1 is 1.50 bits per heavy atom. The topological polar surface area (TPSA) is 63.3 Å². The Kier molecular flexibility index (Phi) is 3.04. The minimum Gasteiger partial charge on any atom is -0.480 e. The minimum absolute atomic E-state index is 0.257. The molecule has 0 radical (unpaired) electrons. The Labute approximate surface area is 82.9 Å². The van der Waals surface area contributed by atoms with Crippen molar-refractivity contribution < 1.29 is 9.90 Å². The van der Waals surface area contributed by atoms with Gasteiger partial charge in [-0.05, 0) is 5.56 Å². The van der Waals surface area contributed by atoms with Crippen LogP contribution in [0.15, 0.2) is 43.0 Å². The van der Waals surface area contributed by atoms with E-state index in [1.54, 1.807) is 0 Å². The average Bonchev–Trinajstić information content (AvgIpc) is 2.19. The highest BCUT2D eigenvalue weighted by Gasteiger charge is 2.30. The van der Waals surface area contributed by atoms with Crippen LogP contribution in [0, 0.1) is 0 Å². The Morgan fingerprint density at radius 2 is 2.07 bits per heavy atom. The molecule has 0 saturated carbocycles. The molecule has 0 fully saturated rings. The zero-order valence-corrected chi connectivity index (χ0v) is 7.81. The van der Waals surface area contributed by atoms with Crippen molar-refractivity contribution in [3.63, 3.8) is 0 Å². The highest BCUT2D eigenvalue weighted by atomic mass is 16.4. The van der Waals surface area contributed by atoms with Gasteiger partial charge in [0.1, 0.15) is 5.54 Å². The van der Waals surface area contributed by atoms with Gasteiger partial charge in [-0.2, -0.15) is 0 Å². The zero-order valence-electron chi connectivity index (χ0n) is 7.81. The summed E-state index contributed by atoms with van der Waals surface area (Å²) in [6.07, 6.45) is 1.52. The van der Waals surface area contributed by atoms with E-state index in [4.69, 9.17) is 10.8 Å². The second-order valence-electron chi connectivity index (χ2n) is 3.21. The van der Waals surface area contributed by atoms with Crippen molar-refractivity contribution >= 4 is 5.97 Å². The van der Waals surface area contributed by atoms with E-state index in [1.165, 1.54) is 6.08 Å². The predicted octanol–water partition coefficient (Wildman–Crippen LogP) is 1.20. The highest BCUT2D eigenvalue weighted by Crippen LogP contribution is 2.12. The van der Waals surface area contributed by atoms with E-state index in [2.05, 4.69) is 6.58 Å². The third kappa shape index (κ3) is 2.20. The molecule has 14 heavy (non-hydrogen) atoms. The van der Waals surface area contributed by atoms with Gasteiger partial charge < -0.3 is 10.8 Å². The lowest BCUT2D eigenvalue weighted by atomic mass is 9.92. The maximum atomic E-state index is 10.9. The molecule has 1 aromatic rings. The van der Waals surface area contributed by atoms with Gasteiger partial charge in [0.05, 0.1) is 0 Å². The van der Waals surface area contributed by atoms with Gasteiger partial charge in [-0.25, -0.2) is 4.79 Å². The molecule has 0 amide bonds. The molecule has 0 bridgehead atoms. The summed E-state index contributed by atoms with van der Waals surface area (Å²) in [6, 6.07) is 9.25. The monoisotopic (exact) mass is 191 g/mol. The molecular weight excluding hydrogens is 178 g/mol. The zero-order chi connectivity index (χ0) is 10.6. The summed E-state index contributed by atoms with van der Waals surface area (Å²) in [4.78, 5) is 10.9. The van der Waals surface area contributed by atoms with E-state index < -0.39 is 11.5 Å². The smallest absolute Gasteiger partial charge is 0.328 e. The van der Waals surface area contributed by atoms with Crippen molar-refractivity contribution in [2.45, 2.75) is 12.0 Å². The van der Waals surface area contributed by atoms with E-state index in [-0.39, 0.29) is 6.42 Å². The van der Waals surface area contributed by atoms with E-state index in [9.17, 15) is 4.79 Å². The van der Waals surface area contributed by atoms with Crippen LogP contribution in [0.3, 0.4) is 0 Å². The fourth-order valence-corrected chi connectivity index (χ4v) is 1.17. The summed E-state index contributed by atoms with van der Waals surface area (Å²) in [6.45, 7) is 3.44. The van der Waals surface area contributed by atoms with Crippen LogP contribution in [0.25, 0.3) is 0 Å². The Morgan fingerprint density at radius 3 is 2.50 bits per heavy atom. The number of benzene rings is 1. The van der Waals surface area contributed by atoms with Crippen LogP contribution in [0.4, 0.5) is 0 Å². The molecule has 3 nitrogen and oxygen atoms in total. The maximum Gasteiger partial charge on any atom is 0.328 e. The molecule has 74 valence electrons. The Bertz CT molecular complexity index is 334. The number of rotatable bonds is 4. The number of carboxylic acids is 1. The largest absolute Gasteiger partial charge is 0.480 e. The van der Waals surface area contributed by atoms with Gasteiger partial charge in [0.2, 0.25) is 0 Å². The Balaban J connectivity index is 2.86. The fourth-order valence-electron chi connectivity index (χ4n) is 1.17. The normalized spacial score (nSPS) is 14.4. The van der Waals surface area contributed by atoms with Gasteiger partial charge in [0, 0.05) is 6.42 Å². The molecule has 1 rings (SSSR count). The number of hydrogen-bond donors (Lipinski definition) is 2. The highest BCUT2D eigenvalue weighted by molar-refractivity contribution is 5.81. The van der Waals surface area contributed by atoms with Crippen molar-refractivity contribution in [3.8, 4) is 0 Å². The molecule has 0 heterocycles. The van der Waals surface area contributed by atoms with Gasteiger partial charge in [-0.15, -0.1) is 6.58 Å². The van der Waals surface area contributed by atoms with Crippen molar-refractivity contribution in [3.05, 3.63) is 48.6 Å². The standard InChI is InChI=1S/C11H13NO2/c1-2-11(12,10(13)14)8-9-6-4-3-5-7-9/h2-7H,1,8,12H2,(H,13,14). The minimum atomic E-state index is -1.37. The second kappa shape index (κ2) is 4.07. The van der Waals surface area contributed by atoms with Gasteiger partial charge in [0.15, 0.2) is 0 Å². The number of aliphatic carboxylic acids is 1. The molecule has 0 aliphatic heterocycles. The molecule has 3 heteroatoms. The molecule has 0 aliphatic carbocycles. The lowest BCUT2D eigenvalue weighted by Crippen LogP contribution is -2.47. The van der Waals surface area contributed by atoms with Crippen LogP contribution in [0.5, 0.6) is 0 Å². The van der Waals surface area contributed by atoms with Crippen molar-refractivity contribution in [1.29, 1.82) is 0 Å². The predicted molar refractivity (Wildman–Crippen MR) is 54.9 cm³/mol. The van der Waals surface area contributed by atoms with Crippen molar-refractivity contribution in [2.75, 3.05) is 0 Å². The molecule has 3 N–H and O–H groups in total. The van der Waals surface area contributed by atoms with Gasteiger partial charge in [-0.3, -0.25) is 0 Å². The summed E-state index contributed by atoms with van der Waals surface area (Å²) in [7, 11) is 0. The maximum absolute atomic E-state index is 10.9. The third-order valence-electron chi connectivity index (χ3n) is 2.10. The summed E-state index contributed by atoms with van der Waals surface area (Å²) >= 11 is 0. The van der Waals surface area contributed by atoms with E-state index in [0.29, 0.717) is 0 Å². The lowest BCUT2D eigenvalue weighted by Gasteiger charge is -2.19. The SMILES string of the molecule is C=CC(N)(Cc1ccccc1)C(=O)O. The number of hydrogen-bond acceptors (Lipinski definition) is 2. The molecule has 0 saturated heterocycles. The first kappa shape index (κ1) is 10.5. The van der Waals surface area contributed by atoms with Crippen LogP contribution in [-0.4, -0.2) is 16.6 Å². The average molecular weight is 191 g/mol.